The van der Waals surface area contributed by atoms with Crippen molar-refractivity contribution in [3.05, 3.63) is 47.0 Å². The Morgan fingerprint density at radius 3 is 2.95 bits per heavy atom. The van der Waals surface area contributed by atoms with E-state index in [-0.39, 0.29) is 0 Å². The summed E-state index contributed by atoms with van der Waals surface area (Å²) in [6.45, 7) is 4.83. The van der Waals surface area contributed by atoms with Crippen LogP contribution in [0.3, 0.4) is 0 Å². The minimum atomic E-state index is 0.361. The second-order valence-electron chi connectivity index (χ2n) is 4.55. The van der Waals surface area contributed by atoms with Crippen molar-refractivity contribution in [3.63, 3.8) is 0 Å². The van der Waals surface area contributed by atoms with Gasteiger partial charge in [-0.15, -0.1) is 0 Å². The maximum Gasteiger partial charge on any atom is 0.0992 e. The Morgan fingerprint density at radius 1 is 1.47 bits per heavy atom. The summed E-state index contributed by atoms with van der Waals surface area (Å²) in [5, 5.41) is 12.7. The zero-order valence-electron chi connectivity index (χ0n) is 10.9. The zero-order valence-corrected chi connectivity index (χ0v) is 11.6. The standard InChI is InChI=1S/C14H15ClN4/c1-10(2)19-9-17-7-12(19)8-18-14-5-11(6-16)3-4-13(14)15/h3-5,7,9-10,18H,8H2,1-2H3. The van der Waals surface area contributed by atoms with E-state index in [2.05, 4.69) is 34.8 Å². The van der Waals surface area contributed by atoms with E-state index < -0.39 is 0 Å². The van der Waals surface area contributed by atoms with Gasteiger partial charge in [0.05, 0.1) is 40.9 Å². The first-order valence-electron chi connectivity index (χ1n) is 6.06. The highest BCUT2D eigenvalue weighted by Gasteiger charge is 2.07. The number of halogens is 1. The van der Waals surface area contributed by atoms with Crippen molar-refractivity contribution in [2.24, 2.45) is 0 Å². The summed E-state index contributed by atoms with van der Waals surface area (Å²) >= 11 is 6.10. The lowest BCUT2D eigenvalue weighted by Crippen LogP contribution is -2.09. The van der Waals surface area contributed by atoms with E-state index >= 15 is 0 Å². The molecule has 1 heterocycles. The Bertz CT molecular complexity index is 610. The van der Waals surface area contributed by atoms with Gasteiger partial charge in [-0.05, 0) is 32.0 Å². The van der Waals surface area contributed by atoms with Crippen LogP contribution in [-0.2, 0) is 6.54 Å². The molecule has 0 saturated heterocycles. The van der Waals surface area contributed by atoms with Crippen molar-refractivity contribution < 1.29 is 0 Å². The number of anilines is 1. The van der Waals surface area contributed by atoms with E-state index in [1.54, 1.807) is 18.2 Å². The third-order valence-electron chi connectivity index (χ3n) is 2.86. The minimum Gasteiger partial charge on any atom is -0.378 e. The Balaban J connectivity index is 2.15. The van der Waals surface area contributed by atoms with E-state index in [0.717, 1.165) is 11.4 Å². The molecule has 0 saturated carbocycles. The highest BCUT2D eigenvalue weighted by Crippen LogP contribution is 2.23. The maximum absolute atomic E-state index is 8.89. The lowest BCUT2D eigenvalue weighted by molar-refractivity contribution is 0.577. The number of imidazole rings is 1. The third-order valence-corrected chi connectivity index (χ3v) is 3.19. The number of hydrogen-bond acceptors (Lipinski definition) is 3. The molecule has 0 amide bonds. The molecule has 1 N–H and O–H groups in total. The second kappa shape index (κ2) is 5.77. The number of aromatic nitrogens is 2. The predicted molar refractivity (Wildman–Crippen MR) is 76.1 cm³/mol. The van der Waals surface area contributed by atoms with Gasteiger partial charge in [0.15, 0.2) is 0 Å². The van der Waals surface area contributed by atoms with Gasteiger partial charge in [-0.2, -0.15) is 5.26 Å². The molecule has 0 aliphatic carbocycles. The van der Waals surface area contributed by atoms with Gasteiger partial charge in [0.2, 0.25) is 0 Å². The Hall–Kier alpha value is -1.99. The summed E-state index contributed by atoms with van der Waals surface area (Å²) in [6, 6.07) is 7.64. The molecule has 0 unspecified atom stereocenters. The number of nitrogens with zero attached hydrogens (tertiary/aromatic N) is 3. The highest BCUT2D eigenvalue weighted by atomic mass is 35.5. The van der Waals surface area contributed by atoms with E-state index in [1.807, 2.05) is 12.5 Å². The van der Waals surface area contributed by atoms with Gasteiger partial charge in [-0.1, -0.05) is 11.6 Å². The third kappa shape index (κ3) is 3.07. The topological polar surface area (TPSA) is 53.6 Å². The molecule has 5 heteroatoms. The lowest BCUT2D eigenvalue weighted by Gasteiger charge is -2.13. The second-order valence-corrected chi connectivity index (χ2v) is 4.95. The largest absolute Gasteiger partial charge is 0.378 e. The van der Waals surface area contributed by atoms with Gasteiger partial charge in [-0.3, -0.25) is 0 Å². The van der Waals surface area contributed by atoms with E-state index in [0.29, 0.717) is 23.2 Å². The van der Waals surface area contributed by atoms with Crippen LogP contribution in [0, 0.1) is 11.3 Å². The molecule has 19 heavy (non-hydrogen) atoms. The first kappa shape index (κ1) is 13.4. The zero-order chi connectivity index (χ0) is 13.8. The van der Waals surface area contributed by atoms with Crippen LogP contribution < -0.4 is 5.32 Å². The Kier molecular flexibility index (Phi) is 4.08. The van der Waals surface area contributed by atoms with Crippen LogP contribution >= 0.6 is 11.6 Å². The van der Waals surface area contributed by atoms with Crippen molar-refractivity contribution in [1.82, 2.24) is 9.55 Å². The summed E-state index contributed by atoms with van der Waals surface area (Å²) < 4.78 is 2.09. The minimum absolute atomic E-state index is 0.361. The number of nitrogens with one attached hydrogen (secondary N) is 1. The molecule has 2 aromatic rings. The van der Waals surface area contributed by atoms with Gasteiger partial charge >= 0.3 is 0 Å². The quantitative estimate of drug-likeness (QED) is 0.927. The first-order valence-corrected chi connectivity index (χ1v) is 6.44. The summed E-state index contributed by atoms with van der Waals surface area (Å²) in [4.78, 5) is 4.15. The molecule has 1 aromatic carbocycles. The fraction of sp³-hybridized carbons (Fsp3) is 0.286. The maximum atomic E-state index is 8.89. The number of benzene rings is 1. The fourth-order valence-electron chi connectivity index (χ4n) is 1.85. The van der Waals surface area contributed by atoms with Gasteiger partial charge in [-0.25, -0.2) is 4.98 Å². The van der Waals surface area contributed by atoms with Gasteiger partial charge in [0.25, 0.3) is 0 Å². The molecule has 0 bridgehead atoms. The summed E-state index contributed by atoms with van der Waals surface area (Å²) in [5.74, 6) is 0. The molecule has 0 spiro atoms. The van der Waals surface area contributed by atoms with Gasteiger partial charge in [0, 0.05) is 12.2 Å². The van der Waals surface area contributed by atoms with Crippen molar-refractivity contribution in [3.8, 4) is 6.07 Å². The SMILES string of the molecule is CC(C)n1cncc1CNc1cc(C#N)ccc1Cl. The van der Waals surface area contributed by atoms with Crippen LogP contribution in [0.15, 0.2) is 30.7 Å². The average Bonchev–Trinajstić information content (AvgIpc) is 2.86. The van der Waals surface area contributed by atoms with Gasteiger partial charge < -0.3 is 9.88 Å². The summed E-state index contributed by atoms with van der Waals surface area (Å²) in [5.41, 5.74) is 2.43. The fourth-order valence-corrected chi connectivity index (χ4v) is 2.03. The molecular formula is C14H15ClN4. The van der Waals surface area contributed by atoms with Crippen LogP contribution in [0.2, 0.25) is 5.02 Å². The average molecular weight is 275 g/mol. The monoisotopic (exact) mass is 274 g/mol. The van der Waals surface area contributed by atoms with Crippen LogP contribution in [0.4, 0.5) is 5.69 Å². The van der Waals surface area contributed by atoms with Gasteiger partial charge in [0.1, 0.15) is 0 Å². The lowest BCUT2D eigenvalue weighted by atomic mass is 10.2. The molecule has 0 fully saturated rings. The molecule has 0 atom stereocenters. The molecule has 2 rings (SSSR count). The van der Waals surface area contributed by atoms with E-state index in [1.165, 1.54) is 0 Å². The Labute approximate surface area is 117 Å². The number of nitriles is 1. The smallest absolute Gasteiger partial charge is 0.0992 e. The van der Waals surface area contributed by atoms with Crippen LogP contribution in [0.25, 0.3) is 0 Å². The highest BCUT2D eigenvalue weighted by molar-refractivity contribution is 6.33. The Morgan fingerprint density at radius 2 is 2.26 bits per heavy atom. The number of hydrogen-bond donors (Lipinski definition) is 1. The molecule has 0 radical (unpaired) electrons. The molecule has 0 aliphatic rings. The normalized spacial score (nSPS) is 10.5. The molecule has 4 nitrogen and oxygen atoms in total. The van der Waals surface area contributed by atoms with Crippen LogP contribution in [0.1, 0.15) is 31.1 Å². The van der Waals surface area contributed by atoms with Crippen molar-refractivity contribution in [1.29, 1.82) is 5.26 Å². The van der Waals surface area contributed by atoms with Crippen molar-refractivity contribution >= 4 is 17.3 Å². The van der Waals surface area contributed by atoms with Crippen LogP contribution in [-0.4, -0.2) is 9.55 Å². The summed E-state index contributed by atoms with van der Waals surface area (Å²) in [6.07, 6.45) is 3.64. The van der Waals surface area contributed by atoms with E-state index in [4.69, 9.17) is 16.9 Å². The number of rotatable bonds is 4. The molecule has 98 valence electrons. The summed E-state index contributed by atoms with van der Waals surface area (Å²) in [7, 11) is 0. The molecule has 1 aromatic heterocycles. The van der Waals surface area contributed by atoms with Crippen LogP contribution in [0.5, 0.6) is 0 Å². The van der Waals surface area contributed by atoms with Crippen molar-refractivity contribution in [2.45, 2.75) is 26.4 Å². The van der Waals surface area contributed by atoms with Crippen molar-refractivity contribution in [2.75, 3.05) is 5.32 Å². The van der Waals surface area contributed by atoms with E-state index in [9.17, 15) is 0 Å². The molecular weight excluding hydrogens is 260 g/mol. The first-order chi connectivity index (χ1) is 9.11. The predicted octanol–water partition coefficient (Wildman–Crippen LogP) is 3.60. The molecule has 0 aliphatic heterocycles.